The number of carbonyl (C=O) groups excluding carboxylic acids is 2. The zero-order chi connectivity index (χ0) is 21.7. The van der Waals surface area contributed by atoms with Crippen LogP contribution in [0.15, 0.2) is 35.8 Å². The molecule has 0 radical (unpaired) electrons. The standard InChI is InChI=1S/C20H24ClN3O4S2/c1-2-9-24-16-8-7-15(21)12-17(16)29-20(24)22-18(25)13-30(27,28)14-19(26)23-10-5-3-4-6-11-23/h2,7-8,12H,1,3-6,9-11,13-14H2. The number of sulfone groups is 1. The number of fused-ring (bicyclic) bond motifs is 1. The summed E-state index contributed by atoms with van der Waals surface area (Å²) in [6.07, 6.45) is 5.50. The normalized spacial score (nSPS) is 15.9. The van der Waals surface area contributed by atoms with Crippen LogP contribution in [0, 0.1) is 0 Å². The molecule has 1 aromatic carbocycles. The lowest BCUT2D eigenvalue weighted by atomic mass is 10.2. The zero-order valence-electron chi connectivity index (χ0n) is 16.5. The van der Waals surface area contributed by atoms with Crippen LogP contribution >= 0.6 is 22.9 Å². The van der Waals surface area contributed by atoms with Gasteiger partial charge in [-0.25, -0.2) is 8.42 Å². The Morgan fingerprint density at radius 2 is 1.87 bits per heavy atom. The Labute approximate surface area is 184 Å². The molecule has 0 aliphatic carbocycles. The lowest BCUT2D eigenvalue weighted by Gasteiger charge is -2.19. The average molecular weight is 470 g/mol. The van der Waals surface area contributed by atoms with Gasteiger partial charge in [-0.3, -0.25) is 9.59 Å². The molecule has 2 heterocycles. The summed E-state index contributed by atoms with van der Waals surface area (Å²) in [5, 5.41) is 0.557. The lowest BCUT2D eigenvalue weighted by molar-refractivity contribution is -0.128. The Hall–Kier alpha value is -1.97. The van der Waals surface area contributed by atoms with Crippen LogP contribution in [-0.4, -0.2) is 54.3 Å². The first kappa shape index (κ1) is 22.7. The molecule has 30 heavy (non-hydrogen) atoms. The highest BCUT2D eigenvalue weighted by Gasteiger charge is 2.25. The number of nitrogens with zero attached hydrogens (tertiary/aromatic N) is 3. The molecule has 1 aliphatic rings. The van der Waals surface area contributed by atoms with Crippen LogP contribution in [-0.2, 0) is 26.0 Å². The van der Waals surface area contributed by atoms with Crippen molar-refractivity contribution in [2.24, 2.45) is 4.99 Å². The first-order valence-corrected chi connectivity index (χ1v) is 12.8. The molecule has 10 heteroatoms. The van der Waals surface area contributed by atoms with Gasteiger partial charge >= 0.3 is 0 Å². The van der Waals surface area contributed by atoms with E-state index in [9.17, 15) is 18.0 Å². The molecule has 3 rings (SSSR count). The van der Waals surface area contributed by atoms with E-state index in [-0.39, 0.29) is 0 Å². The van der Waals surface area contributed by atoms with Crippen LogP contribution < -0.4 is 4.80 Å². The number of allylic oxidation sites excluding steroid dienone is 1. The van der Waals surface area contributed by atoms with Gasteiger partial charge in [0.25, 0.3) is 5.91 Å². The summed E-state index contributed by atoms with van der Waals surface area (Å²) in [6.45, 7) is 5.26. The second-order valence-electron chi connectivity index (χ2n) is 7.23. The highest BCUT2D eigenvalue weighted by molar-refractivity contribution is 7.92. The number of thiazole rings is 1. The predicted molar refractivity (Wildman–Crippen MR) is 119 cm³/mol. The van der Waals surface area contributed by atoms with Crippen molar-refractivity contribution in [1.82, 2.24) is 9.47 Å². The number of likely N-dealkylation sites (tertiary alicyclic amines) is 1. The molecule has 1 fully saturated rings. The van der Waals surface area contributed by atoms with Crippen molar-refractivity contribution >= 4 is 54.8 Å². The van der Waals surface area contributed by atoms with Crippen LogP contribution in [0.5, 0.6) is 0 Å². The third-order valence-electron chi connectivity index (χ3n) is 4.82. The highest BCUT2D eigenvalue weighted by atomic mass is 35.5. The van der Waals surface area contributed by atoms with E-state index < -0.39 is 33.2 Å². The minimum Gasteiger partial charge on any atom is -0.342 e. The molecule has 7 nitrogen and oxygen atoms in total. The third-order valence-corrected chi connectivity index (χ3v) is 7.47. The summed E-state index contributed by atoms with van der Waals surface area (Å²) in [4.78, 5) is 30.7. The average Bonchev–Trinajstić information content (AvgIpc) is 2.84. The number of carbonyl (C=O) groups is 2. The van der Waals surface area contributed by atoms with E-state index in [0.29, 0.717) is 29.5 Å². The number of rotatable bonds is 6. The molecule has 162 valence electrons. The van der Waals surface area contributed by atoms with Gasteiger partial charge in [-0.15, -0.1) is 6.58 Å². The Morgan fingerprint density at radius 1 is 1.17 bits per heavy atom. The van der Waals surface area contributed by atoms with Crippen LogP contribution in [0.4, 0.5) is 0 Å². The number of hydrogen-bond acceptors (Lipinski definition) is 5. The number of aromatic nitrogens is 1. The number of benzene rings is 1. The van der Waals surface area contributed by atoms with Gasteiger partial charge in [0, 0.05) is 24.7 Å². The first-order valence-electron chi connectivity index (χ1n) is 9.74. The SMILES string of the molecule is C=CCn1c(=NC(=O)CS(=O)(=O)CC(=O)N2CCCCCC2)sc2cc(Cl)ccc21. The molecule has 0 unspecified atom stereocenters. The van der Waals surface area contributed by atoms with Gasteiger partial charge in [-0.1, -0.05) is 41.9 Å². The molecule has 0 atom stereocenters. The van der Waals surface area contributed by atoms with E-state index in [2.05, 4.69) is 11.6 Å². The largest absolute Gasteiger partial charge is 0.342 e. The smallest absolute Gasteiger partial charge is 0.263 e. The topological polar surface area (TPSA) is 88.8 Å². The minimum absolute atomic E-state index is 0.367. The summed E-state index contributed by atoms with van der Waals surface area (Å²) in [7, 11) is -3.90. The van der Waals surface area contributed by atoms with E-state index >= 15 is 0 Å². The summed E-state index contributed by atoms with van der Waals surface area (Å²) in [6, 6.07) is 5.32. The molecule has 0 saturated carbocycles. The Morgan fingerprint density at radius 3 is 2.53 bits per heavy atom. The Bertz CT molecular complexity index is 1130. The predicted octanol–water partition coefficient (Wildman–Crippen LogP) is 2.79. The van der Waals surface area contributed by atoms with Crippen LogP contribution in [0.1, 0.15) is 25.7 Å². The molecular weight excluding hydrogens is 446 g/mol. The van der Waals surface area contributed by atoms with Crippen molar-refractivity contribution < 1.29 is 18.0 Å². The fourth-order valence-electron chi connectivity index (χ4n) is 3.42. The van der Waals surface area contributed by atoms with Crippen molar-refractivity contribution in [3.8, 4) is 0 Å². The van der Waals surface area contributed by atoms with E-state index in [1.807, 2.05) is 6.07 Å². The molecule has 0 bridgehead atoms. The molecule has 2 aromatic rings. The van der Waals surface area contributed by atoms with Crippen molar-refractivity contribution in [3.05, 3.63) is 40.7 Å². The molecule has 1 aliphatic heterocycles. The van der Waals surface area contributed by atoms with Gasteiger partial charge in [-0.2, -0.15) is 4.99 Å². The van der Waals surface area contributed by atoms with Gasteiger partial charge in [0.05, 0.1) is 10.2 Å². The Balaban J connectivity index is 1.78. The maximum atomic E-state index is 12.4. The summed E-state index contributed by atoms with van der Waals surface area (Å²) in [5.74, 6) is -2.70. The van der Waals surface area contributed by atoms with E-state index in [0.717, 1.165) is 35.9 Å². The van der Waals surface area contributed by atoms with Gasteiger partial charge in [0.15, 0.2) is 14.6 Å². The number of amides is 2. The first-order chi connectivity index (χ1) is 14.3. The van der Waals surface area contributed by atoms with Crippen LogP contribution in [0.2, 0.25) is 5.02 Å². The Kier molecular flexibility index (Phi) is 7.49. The molecule has 0 N–H and O–H groups in total. The van der Waals surface area contributed by atoms with Gasteiger partial charge < -0.3 is 9.47 Å². The van der Waals surface area contributed by atoms with E-state index in [1.165, 1.54) is 11.3 Å². The monoisotopic (exact) mass is 469 g/mol. The van der Waals surface area contributed by atoms with Crippen molar-refractivity contribution in [3.63, 3.8) is 0 Å². The van der Waals surface area contributed by atoms with Crippen LogP contribution in [0.3, 0.4) is 0 Å². The number of halogens is 1. The fraction of sp³-hybridized carbons (Fsp3) is 0.450. The fourth-order valence-corrected chi connectivity index (χ4v) is 5.85. The van der Waals surface area contributed by atoms with Crippen molar-refractivity contribution in [2.45, 2.75) is 32.2 Å². The van der Waals surface area contributed by atoms with Gasteiger partial charge in [-0.05, 0) is 31.0 Å². The van der Waals surface area contributed by atoms with Crippen molar-refractivity contribution in [2.75, 3.05) is 24.6 Å². The molecule has 1 saturated heterocycles. The molecule has 0 spiro atoms. The minimum atomic E-state index is -3.90. The van der Waals surface area contributed by atoms with E-state index in [1.54, 1.807) is 27.7 Å². The maximum Gasteiger partial charge on any atom is 0.263 e. The second-order valence-corrected chi connectivity index (χ2v) is 10.7. The lowest BCUT2D eigenvalue weighted by Crippen LogP contribution is -2.37. The molecular formula is C20H24ClN3O4S2. The van der Waals surface area contributed by atoms with Gasteiger partial charge in [0.2, 0.25) is 5.91 Å². The summed E-state index contributed by atoms with van der Waals surface area (Å²) in [5.41, 5.74) is 0.829. The zero-order valence-corrected chi connectivity index (χ0v) is 18.9. The highest BCUT2D eigenvalue weighted by Crippen LogP contribution is 2.22. The van der Waals surface area contributed by atoms with E-state index in [4.69, 9.17) is 11.6 Å². The second kappa shape index (κ2) is 9.89. The van der Waals surface area contributed by atoms with Gasteiger partial charge in [0.1, 0.15) is 11.5 Å². The summed E-state index contributed by atoms with van der Waals surface area (Å²) < 4.78 is 27.5. The van der Waals surface area contributed by atoms with Crippen molar-refractivity contribution in [1.29, 1.82) is 0 Å². The summed E-state index contributed by atoms with van der Waals surface area (Å²) >= 11 is 7.28. The number of hydrogen-bond donors (Lipinski definition) is 0. The maximum absolute atomic E-state index is 12.4. The molecule has 2 amide bonds. The molecule has 1 aromatic heterocycles. The van der Waals surface area contributed by atoms with Crippen LogP contribution in [0.25, 0.3) is 10.2 Å². The quantitative estimate of drug-likeness (QED) is 0.608. The third kappa shape index (κ3) is 5.80.